The van der Waals surface area contributed by atoms with Crippen molar-refractivity contribution >= 4 is 10.9 Å². The Labute approximate surface area is 126 Å². The number of hydrogen-bond donors (Lipinski definition) is 1. The molecule has 0 atom stereocenters. The largest absolute Gasteiger partial charge is 0.497 e. The Morgan fingerprint density at radius 2 is 1.95 bits per heavy atom. The van der Waals surface area contributed by atoms with Crippen molar-refractivity contribution in [3.8, 4) is 5.75 Å². The van der Waals surface area contributed by atoms with Gasteiger partial charge in [0.2, 0.25) is 0 Å². The van der Waals surface area contributed by atoms with Crippen molar-refractivity contribution in [1.29, 1.82) is 0 Å². The molecule has 6 heteroatoms. The topological polar surface area (TPSA) is 77.0 Å². The van der Waals surface area contributed by atoms with Crippen molar-refractivity contribution in [3.63, 3.8) is 0 Å². The van der Waals surface area contributed by atoms with Crippen LogP contribution in [0, 0.1) is 0 Å². The molecule has 0 saturated carbocycles. The maximum absolute atomic E-state index is 12.4. The minimum Gasteiger partial charge on any atom is -0.497 e. The normalized spacial score (nSPS) is 10.8. The van der Waals surface area contributed by atoms with E-state index in [1.807, 2.05) is 24.3 Å². The number of methoxy groups -OCH3 is 1. The minimum absolute atomic E-state index is 0.297. The van der Waals surface area contributed by atoms with Crippen LogP contribution in [0.4, 0.5) is 0 Å². The van der Waals surface area contributed by atoms with Crippen LogP contribution in [-0.2, 0) is 13.0 Å². The third-order valence-electron chi connectivity index (χ3n) is 3.57. The Morgan fingerprint density at radius 3 is 2.68 bits per heavy atom. The van der Waals surface area contributed by atoms with Gasteiger partial charge in [-0.25, -0.2) is 4.79 Å². The summed E-state index contributed by atoms with van der Waals surface area (Å²) in [5, 5.41) is 0.462. The Kier molecular flexibility index (Phi) is 3.74. The fourth-order valence-electron chi connectivity index (χ4n) is 2.34. The first-order valence-electron chi connectivity index (χ1n) is 6.89. The zero-order valence-corrected chi connectivity index (χ0v) is 12.1. The Bertz CT molecular complexity index is 910. The van der Waals surface area contributed by atoms with Gasteiger partial charge in [0.25, 0.3) is 5.56 Å². The Balaban J connectivity index is 1.90. The molecule has 1 N–H and O–H groups in total. The molecule has 22 heavy (non-hydrogen) atoms. The number of H-pyrrole nitrogens is 1. The molecule has 3 aromatic rings. The number of nitrogens with one attached hydrogen (secondary N) is 1. The summed E-state index contributed by atoms with van der Waals surface area (Å²) in [6, 6.07) is 9.16. The van der Waals surface area contributed by atoms with E-state index in [1.54, 1.807) is 13.2 Å². The molecule has 0 spiro atoms. The quantitative estimate of drug-likeness (QED) is 0.788. The third kappa shape index (κ3) is 2.63. The second-order valence-electron chi connectivity index (χ2n) is 4.91. The van der Waals surface area contributed by atoms with Crippen molar-refractivity contribution in [2.24, 2.45) is 0 Å². The van der Waals surface area contributed by atoms with Gasteiger partial charge in [0, 0.05) is 12.7 Å². The molecule has 1 aromatic carbocycles. The first-order chi connectivity index (χ1) is 10.7. The minimum atomic E-state index is -0.418. The summed E-state index contributed by atoms with van der Waals surface area (Å²) in [4.78, 5) is 31.0. The lowest BCUT2D eigenvalue weighted by atomic mass is 10.1. The average molecular weight is 297 g/mol. The zero-order chi connectivity index (χ0) is 15.5. The molecule has 0 aliphatic carbocycles. The number of pyridine rings is 1. The van der Waals surface area contributed by atoms with Crippen molar-refractivity contribution in [3.05, 3.63) is 69.1 Å². The second-order valence-corrected chi connectivity index (χ2v) is 4.91. The summed E-state index contributed by atoms with van der Waals surface area (Å²) in [5.74, 6) is 0.775. The van der Waals surface area contributed by atoms with Crippen LogP contribution in [0.15, 0.2) is 52.3 Å². The molecule has 3 rings (SSSR count). The van der Waals surface area contributed by atoms with Crippen LogP contribution >= 0.6 is 0 Å². The standard InChI is InChI=1S/C16H15N3O3/c1-22-12-4-2-11(3-5-12)7-9-19-15(20)13-6-8-17-10-14(13)18-16(19)21/h2-6,8,10H,7,9H2,1H3,(H,18,21). The van der Waals surface area contributed by atoms with Gasteiger partial charge >= 0.3 is 5.69 Å². The lowest BCUT2D eigenvalue weighted by Gasteiger charge is -2.07. The monoisotopic (exact) mass is 297 g/mol. The molecule has 2 aromatic heterocycles. The van der Waals surface area contributed by atoms with Crippen LogP contribution in [0.3, 0.4) is 0 Å². The fraction of sp³-hybridized carbons (Fsp3) is 0.188. The molecule has 0 unspecified atom stereocenters. The Hall–Kier alpha value is -2.89. The van der Waals surface area contributed by atoms with Crippen LogP contribution < -0.4 is 16.0 Å². The summed E-state index contributed by atoms with van der Waals surface area (Å²) >= 11 is 0. The summed E-state index contributed by atoms with van der Waals surface area (Å²) in [6.07, 6.45) is 3.60. The van der Waals surface area contributed by atoms with Gasteiger partial charge in [-0.3, -0.25) is 14.3 Å². The predicted molar refractivity (Wildman–Crippen MR) is 83.3 cm³/mol. The molecule has 0 saturated heterocycles. The highest BCUT2D eigenvalue weighted by Crippen LogP contribution is 2.11. The van der Waals surface area contributed by atoms with E-state index in [4.69, 9.17) is 4.74 Å². The summed E-state index contributed by atoms with van der Waals surface area (Å²) in [6.45, 7) is 0.318. The molecule has 0 radical (unpaired) electrons. The molecular weight excluding hydrogens is 282 g/mol. The molecule has 0 bridgehead atoms. The molecule has 0 aliphatic rings. The number of ether oxygens (including phenoxy) is 1. The first-order valence-corrected chi connectivity index (χ1v) is 6.89. The van der Waals surface area contributed by atoms with Gasteiger partial charge in [-0.2, -0.15) is 0 Å². The van der Waals surface area contributed by atoms with E-state index >= 15 is 0 Å². The lowest BCUT2D eigenvalue weighted by Crippen LogP contribution is -2.35. The Morgan fingerprint density at radius 1 is 1.18 bits per heavy atom. The number of rotatable bonds is 4. The lowest BCUT2D eigenvalue weighted by molar-refractivity contribution is 0.414. The first kappa shape index (κ1) is 14.1. The van der Waals surface area contributed by atoms with Crippen molar-refractivity contribution in [2.45, 2.75) is 13.0 Å². The molecule has 2 heterocycles. The zero-order valence-electron chi connectivity index (χ0n) is 12.1. The predicted octanol–water partition coefficient (Wildman–Crippen LogP) is 1.34. The van der Waals surface area contributed by atoms with E-state index in [0.29, 0.717) is 23.9 Å². The molecular formula is C16H15N3O3. The van der Waals surface area contributed by atoms with Crippen LogP contribution in [0.5, 0.6) is 5.75 Å². The number of nitrogens with zero attached hydrogens (tertiary/aromatic N) is 2. The van der Waals surface area contributed by atoms with E-state index in [9.17, 15) is 9.59 Å². The maximum atomic E-state index is 12.4. The number of aromatic nitrogens is 3. The summed E-state index contributed by atoms with van der Waals surface area (Å²) in [7, 11) is 1.61. The van der Waals surface area contributed by atoms with Crippen molar-refractivity contribution < 1.29 is 4.74 Å². The smallest absolute Gasteiger partial charge is 0.328 e. The maximum Gasteiger partial charge on any atom is 0.328 e. The van der Waals surface area contributed by atoms with Gasteiger partial charge in [0.1, 0.15) is 5.75 Å². The van der Waals surface area contributed by atoms with Crippen molar-refractivity contribution in [1.82, 2.24) is 14.5 Å². The molecule has 0 aliphatic heterocycles. The molecule has 0 amide bonds. The second kappa shape index (κ2) is 5.85. The van der Waals surface area contributed by atoms with Gasteiger partial charge in [-0.1, -0.05) is 12.1 Å². The van der Waals surface area contributed by atoms with Crippen molar-refractivity contribution in [2.75, 3.05) is 7.11 Å². The third-order valence-corrected chi connectivity index (χ3v) is 3.57. The van der Waals surface area contributed by atoms with E-state index in [-0.39, 0.29) is 5.56 Å². The highest BCUT2D eigenvalue weighted by molar-refractivity contribution is 5.75. The number of hydrogen-bond acceptors (Lipinski definition) is 4. The highest BCUT2D eigenvalue weighted by Gasteiger charge is 2.07. The SMILES string of the molecule is COc1ccc(CCn2c(=O)[nH]c3cnccc3c2=O)cc1. The van der Waals surface area contributed by atoms with Crippen LogP contribution in [0.2, 0.25) is 0 Å². The van der Waals surface area contributed by atoms with Gasteiger partial charge in [-0.15, -0.1) is 0 Å². The van der Waals surface area contributed by atoms with E-state index < -0.39 is 5.69 Å². The van der Waals surface area contributed by atoms with E-state index in [1.165, 1.54) is 17.0 Å². The summed E-state index contributed by atoms with van der Waals surface area (Å²) < 4.78 is 6.32. The highest BCUT2D eigenvalue weighted by atomic mass is 16.5. The molecule has 6 nitrogen and oxygen atoms in total. The number of benzene rings is 1. The molecule has 0 fully saturated rings. The van der Waals surface area contributed by atoms with Gasteiger partial charge in [-0.05, 0) is 30.2 Å². The van der Waals surface area contributed by atoms with Crippen LogP contribution in [0.1, 0.15) is 5.56 Å². The van der Waals surface area contributed by atoms with E-state index in [2.05, 4.69) is 9.97 Å². The average Bonchev–Trinajstić information content (AvgIpc) is 2.55. The van der Waals surface area contributed by atoms with Gasteiger partial charge in [0.15, 0.2) is 0 Å². The number of aryl methyl sites for hydroxylation is 1. The van der Waals surface area contributed by atoms with Crippen LogP contribution in [-0.4, -0.2) is 21.6 Å². The van der Waals surface area contributed by atoms with E-state index in [0.717, 1.165) is 11.3 Å². The fourth-order valence-corrected chi connectivity index (χ4v) is 2.34. The molecule has 112 valence electrons. The number of fused-ring (bicyclic) bond motifs is 1. The van der Waals surface area contributed by atoms with Crippen LogP contribution in [0.25, 0.3) is 10.9 Å². The van der Waals surface area contributed by atoms with Gasteiger partial charge < -0.3 is 9.72 Å². The summed E-state index contributed by atoms with van der Waals surface area (Å²) in [5.41, 5.74) is 0.772. The van der Waals surface area contributed by atoms with Gasteiger partial charge in [0.05, 0.1) is 24.2 Å². The number of aromatic amines is 1.